The zero-order chi connectivity index (χ0) is 38.3. The minimum absolute atomic E-state index is 0.00564. The summed E-state index contributed by atoms with van der Waals surface area (Å²) in [6.45, 7) is 8.21. The highest BCUT2D eigenvalue weighted by Crippen LogP contribution is 2.50. The summed E-state index contributed by atoms with van der Waals surface area (Å²) in [5.41, 5.74) is 2.87. The second kappa shape index (κ2) is 13.0. The summed E-state index contributed by atoms with van der Waals surface area (Å²) < 4.78 is 4.33. The summed E-state index contributed by atoms with van der Waals surface area (Å²) in [6.07, 6.45) is 2.92. The normalized spacial score (nSPS) is 18.9. The minimum atomic E-state index is -0.966. The minimum Gasteiger partial charge on any atom is -0.506 e. The Morgan fingerprint density at radius 2 is 1.45 bits per heavy atom. The zero-order valence-electron chi connectivity index (χ0n) is 29.0. The molecule has 0 atom stereocenters. The molecule has 0 fully saturated rings. The van der Waals surface area contributed by atoms with Gasteiger partial charge in [-0.25, -0.2) is 0 Å². The lowest BCUT2D eigenvalue weighted by molar-refractivity contribution is -0.436. The molecule has 3 N–H and O–H groups in total. The first kappa shape index (κ1) is 36.6. The van der Waals surface area contributed by atoms with Gasteiger partial charge in [0.1, 0.15) is 12.2 Å². The van der Waals surface area contributed by atoms with Crippen molar-refractivity contribution in [2.75, 3.05) is 18.0 Å². The van der Waals surface area contributed by atoms with Crippen molar-refractivity contribution in [2.45, 2.75) is 51.4 Å². The highest BCUT2D eigenvalue weighted by molar-refractivity contribution is 9.10. The number of ketones is 1. The van der Waals surface area contributed by atoms with Gasteiger partial charge in [-0.15, -0.1) is 11.3 Å². The van der Waals surface area contributed by atoms with Crippen LogP contribution in [0.25, 0.3) is 11.6 Å². The Hall–Kier alpha value is -4.72. The number of allylic oxidation sites excluding steroid dienone is 4. The van der Waals surface area contributed by atoms with Crippen molar-refractivity contribution in [1.29, 1.82) is 0 Å². The molecular weight excluding hydrogens is 828 g/mol. The molecule has 0 spiro atoms. The van der Waals surface area contributed by atoms with Crippen molar-refractivity contribution < 1.29 is 34.3 Å². The van der Waals surface area contributed by atoms with E-state index in [4.69, 9.17) is 0 Å². The molecule has 1 aliphatic carbocycles. The first-order valence-corrected chi connectivity index (χ1v) is 19.2. The lowest BCUT2D eigenvalue weighted by Crippen LogP contribution is -2.51. The predicted octanol–water partition coefficient (Wildman–Crippen LogP) is 5.19. The molecule has 3 aliphatic rings. The number of carboxylic acid groups (broad SMARTS) is 2. The first-order chi connectivity index (χ1) is 24.9. The number of carbonyl (C=O) groups excluding carboxylic acids is 1. The van der Waals surface area contributed by atoms with Crippen LogP contribution >= 0.6 is 43.2 Å². The standard InChI is InChI=1S/C40H32Br2N2O8S/c1-39(2)23-15-19(41)5-7-25(23)43(13-11-31(45)46)29(39)17-21-35(49)33(36(21)50)27-9-10-28(53-27)34-37(51)22(38(34)52)18-30-40(3,4)24-16-20(42)6-8-26(24)44(30)14-12-32(47)48/h5-10,15-18H,11-14H2,1-4H3,(H2-,45,46,47,48,49,50)/p+1/b22-18?,29-17+,34-28?. The molecule has 0 amide bonds. The molecular formula is C40H33Br2N2O8S+. The maximum atomic E-state index is 13.6. The van der Waals surface area contributed by atoms with Crippen molar-refractivity contribution in [3.8, 4) is 0 Å². The summed E-state index contributed by atoms with van der Waals surface area (Å²) in [6, 6.07) is 14.6. The Balaban J connectivity index is 1.30. The number of fused-ring (bicyclic) bond motifs is 2. The molecule has 10 nitrogen and oxygen atoms in total. The molecule has 13 heteroatoms. The number of hydrogen-bond donors (Lipinski definition) is 3. The smallest absolute Gasteiger partial charge is 0.309 e. The summed E-state index contributed by atoms with van der Waals surface area (Å²) in [7, 11) is 0. The van der Waals surface area contributed by atoms with Crippen molar-refractivity contribution in [3.63, 3.8) is 0 Å². The van der Waals surface area contributed by atoms with Gasteiger partial charge in [0.05, 0.1) is 33.4 Å². The summed E-state index contributed by atoms with van der Waals surface area (Å²) >= 11 is 8.09. The number of thiophene rings is 1. The molecule has 4 aromatic rings. The SMILES string of the molecule is CC1(C)C(C=c2c(=O)c(=c3cc/c(=C4/C(=O)C(/C=C5/N(CCC(=O)O)c6ccc(Br)cc6C5(C)C)=C4O)s3)c2=O)=[N+](CCC(=O)O)c2ccc(Br)cc21. The third-order valence-electron chi connectivity index (χ3n) is 10.4. The maximum absolute atomic E-state index is 13.6. The molecule has 7 rings (SSSR count). The van der Waals surface area contributed by atoms with E-state index in [1.54, 1.807) is 24.3 Å². The van der Waals surface area contributed by atoms with Crippen LogP contribution in [0.1, 0.15) is 51.7 Å². The number of hydrogen-bond acceptors (Lipinski definition) is 8. The van der Waals surface area contributed by atoms with Gasteiger partial charge in [0.2, 0.25) is 22.3 Å². The van der Waals surface area contributed by atoms with Crippen LogP contribution in [0.15, 0.2) is 90.2 Å². The van der Waals surface area contributed by atoms with Gasteiger partial charge in [-0.2, -0.15) is 4.58 Å². The Morgan fingerprint density at radius 1 is 0.830 bits per heavy atom. The Labute approximate surface area is 323 Å². The summed E-state index contributed by atoms with van der Waals surface area (Å²) in [4.78, 5) is 65.6. The van der Waals surface area contributed by atoms with Gasteiger partial charge in [0.25, 0.3) is 0 Å². The summed E-state index contributed by atoms with van der Waals surface area (Å²) in [5, 5.41) is 30.0. The first-order valence-electron chi connectivity index (χ1n) is 16.8. The van der Waals surface area contributed by atoms with Gasteiger partial charge in [-0.1, -0.05) is 45.7 Å². The third-order valence-corrected chi connectivity index (χ3v) is 12.5. The number of nitrogens with zero attached hydrogens (tertiary/aromatic N) is 2. The average Bonchev–Trinajstić information content (AvgIpc) is 3.69. The van der Waals surface area contributed by atoms with E-state index in [9.17, 15) is 39.3 Å². The number of anilines is 1. The van der Waals surface area contributed by atoms with E-state index in [0.29, 0.717) is 20.5 Å². The van der Waals surface area contributed by atoms with Crippen LogP contribution < -0.4 is 25.5 Å². The molecule has 53 heavy (non-hydrogen) atoms. The highest BCUT2D eigenvalue weighted by atomic mass is 79.9. The van der Waals surface area contributed by atoms with Crippen molar-refractivity contribution >= 4 is 89.7 Å². The average molecular weight is 862 g/mol. The van der Waals surface area contributed by atoms with Crippen LogP contribution in [0.2, 0.25) is 0 Å². The second-order valence-corrected chi connectivity index (χ2v) is 17.2. The van der Waals surface area contributed by atoms with Gasteiger partial charge >= 0.3 is 11.9 Å². The number of benzene rings is 2. The Kier molecular flexibility index (Phi) is 8.98. The van der Waals surface area contributed by atoms with Gasteiger partial charge in [-0.3, -0.25) is 24.0 Å². The molecule has 3 aromatic carbocycles. The van der Waals surface area contributed by atoms with Crippen molar-refractivity contribution in [3.05, 3.63) is 132 Å². The maximum Gasteiger partial charge on any atom is 0.309 e. The van der Waals surface area contributed by atoms with E-state index in [0.717, 1.165) is 42.8 Å². The highest BCUT2D eigenvalue weighted by Gasteiger charge is 2.45. The topological polar surface area (TPSA) is 152 Å². The number of carboxylic acids is 2. The van der Waals surface area contributed by atoms with E-state index in [1.807, 2.05) is 73.6 Å². The van der Waals surface area contributed by atoms with E-state index < -0.39 is 39.4 Å². The lowest BCUT2D eigenvalue weighted by Gasteiger charge is -2.29. The zero-order valence-corrected chi connectivity index (χ0v) is 33.0. The molecule has 1 aromatic heterocycles. The predicted molar refractivity (Wildman–Crippen MR) is 209 cm³/mol. The van der Waals surface area contributed by atoms with E-state index in [2.05, 4.69) is 31.9 Å². The molecule has 0 radical (unpaired) electrons. The Bertz CT molecular complexity index is 2710. The Morgan fingerprint density at radius 3 is 2.09 bits per heavy atom. The molecule has 0 saturated heterocycles. The summed E-state index contributed by atoms with van der Waals surface area (Å²) in [5.74, 6) is -2.54. The molecule has 3 heterocycles. The lowest BCUT2D eigenvalue weighted by atomic mass is 9.80. The van der Waals surface area contributed by atoms with E-state index in [1.165, 1.54) is 0 Å². The third kappa shape index (κ3) is 5.89. The van der Waals surface area contributed by atoms with Gasteiger partial charge in [0.15, 0.2) is 12.3 Å². The number of Topliss-reactive ketones (excluding diaryl/α,β-unsaturated/α-hetero) is 1. The van der Waals surface area contributed by atoms with Crippen LogP contribution in [0.5, 0.6) is 0 Å². The van der Waals surface area contributed by atoms with Gasteiger partial charge in [0, 0.05) is 59.1 Å². The van der Waals surface area contributed by atoms with Crippen LogP contribution in [0.3, 0.4) is 0 Å². The molecule has 0 bridgehead atoms. The van der Waals surface area contributed by atoms with Gasteiger partial charge in [-0.05, 0) is 68.0 Å². The molecule has 0 unspecified atom stereocenters. The number of carbonyl (C=O) groups is 3. The molecule has 2 aliphatic heterocycles. The quantitative estimate of drug-likeness (QED) is 0.204. The number of rotatable bonds is 8. The number of aliphatic hydroxyl groups is 1. The monoisotopic (exact) mass is 859 g/mol. The van der Waals surface area contributed by atoms with E-state index >= 15 is 0 Å². The second-order valence-electron chi connectivity index (χ2n) is 14.3. The number of aliphatic hydroxyl groups excluding tert-OH is 1. The fourth-order valence-corrected chi connectivity index (χ4v) is 9.35. The fraction of sp³-hybridized carbons (Fsp3) is 0.250. The van der Waals surface area contributed by atoms with Crippen LogP contribution in [0.4, 0.5) is 11.4 Å². The van der Waals surface area contributed by atoms with Crippen molar-refractivity contribution in [1.82, 2.24) is 0 Å². The largest absolute Gasteiger partial charge is 0.506 e. The number of aliphatic carboxylic acids is 2. The van der Waals surface area contributed by atoms with Gasteiger partial charge < -0.3 is 20.2 Å². The number of halogens is 2. The van der Waals surface area contributed by atoms with Crippen LogP contribution in [-0.4, -0.2) is 56.4 Å². The van der Waals surface area contributed by atoms with Crippen LogP contribution in [-0.2, 0) is 25.2 Å². The van der Waals surface area contributed by atoms with E-state index in [-0.39, 0.29) is 53.3 Å². The van der Waals surface area contributed by atoms with Crippen LogP contribution in [0, 0.1) is 9.75 Å². The fourth-order valence-electron chi connectivity index (χ4n) is 7.54. The molecule has 0 saturated carbocycles. The van der Waals surface area contributed by atoms with Crippen molar-refractivity contribution in [2.24, 2.45) is 0 Å². The molecule has 270 valence electrons.